The van der Waals surface area contributed by atoms with Crippen molar-refractivity contribution in [3.05, 3.63) is 34.9 Å². The van der Waals surface area contributed by atoms with Gasteiger partial charge in [0.25, 0.3) is 0 Å². The molecule has 0 atom stereocenters. The number of benzene rings is 1. The first-order chi connectivity index (χ1) is 10.1. The van der Waals surface area contributed by atoms with Gasteiger partial charge in [0.15, 0.2) is 0 Å². The Morgan fingerprint density at radius 1 is 1.33 bits per heavy atom. The first-order valence-electron chi connectivity index (χ1n) is 7.43. The molecule has 1 amide bonds. The van der Waals surface area contributed by atoms with Crippen molar-refractivity contribution in [2.75, 3.05) is 32.4 Å². The Labute approximate surface area is 136 Å². The van der Waals surface area contributed by atoms with E-state index >= 15 is 0 Å². The van der Waals surface area contributed by atoms with Crippen LogP contribution in [0, 0.1) is 5.92 Å². The molecule has 1 aliphatic rings. The Morgan fingerprint density at radius 3 is 2.67 bits per heavy atom. The monoisotopic (exact) mass is 326 g/mol. The van der Waals surface area contributed by atoms with E-state index < -0.39 is 0 Å². The average Bonchev–Trinajstić information content (AvgIpc) is 2.49. The summed E-state index contributed by atoms with van der Waals surface area (Å²) in [7, 11) is 2.11. The zero-order valence-electron chi connectivity index (χ0n) is 12.5. The highest BCUT2D eigenvalue weighted by atomic mass is 35.5. The van der Waals surface area contributed by atoms with Gasteiger partial charge in [-0.3, -0.25) is 4.79 Å². The van der Waals surface area contributed by atoms with Gasteiger partial charge in [-0.25, -0.2) is 0 Å². The summed E-state index contributed by atoms with van der Waals surface area (Å²) in [5, 5.41) is 3.84. The van der Waals surface area contributed by atoms with Crippen LogP contribution >= 0.6 is 23.4 Å². The molecule has 0 aliphatic carbocycles. The van der Waals surface area contributed by atoms with Crippen molar-refractivity contribution in [2.45, 2.75) is 18.6 Å². The molecule has 0 aromatic heterocycles. The summed E-state index contributed by atoms with van der Waals surface area (Å²) in [5.74, 6) is 2.35. The SMILES string of the molecule is CN1CCC(C(=O)NCCSCc2ccc(Cl)cc2)CC1. The number of amides is 1. The average molecular weight is 327 g/mol. The second kappa shape index (κ2) is 8.66. The zero-order valence-corrected chi connectivity index (χ0v) is 14.1. The minimum atomic E-state index is 0.211. The predicted molar refractivity (Wildman–Crippen MR) is 90.8 cm³/mol. The van der Waals surface area contributed by atoms with Crippen molar-refractivity contribution in [1.82, 2.24) is 10.2 Å². The number of likely N-dealkylation sites (tertiary alicyclic amines) is 1. The minimum Gasteiger partial charge on any atom is -0.355 e. The standard InChI is InChI=1S/C16H23ClN2OS/c1-19-9-6-14(7-10-19)16(20)18-8-11-21-12-13-2-4-15(17)5-3-13/h2-5,14H,6-12H2,1H3,(H,18,20). The van der Waals surface area contributed by atoms with E-state index in [1.807, 2.05) is 36.0 Å². The quantitative estimate of drug-likeness (QED) is 0.816. The molecule has 0 unspecified atom stereocenters. The first kappa shape index (κ1) is 16.7. The summed E-state index contributed by atoms with van der Waals surface area (Å²) in [6.45, 7) is 2.82. The molecular weight excluding hydrogens is 304 g/mol. The van der Waals surface area contributed by atoms with Crippen LogP contribution in [0.3, 0.4) is 0 Å². The molecule has 1 fully saturated rings. The van der Waals surface area contributed by atoms with Crippen LogP contribution in [0.15, 0.2) is 24.3 Å². The van der Waals surface area contributed by atoms with Gasteiger partial charge in [-0.15, -0.1) is 0 Å². The largest absolute Gasteiger partial charge is 0.355 e. The molecule has 0 radical (unpaired) electrons. The van der Waals surface area contributed by atoms with Crippen LogP contribution in [0.5, 0.6) is 0 Å². The molecule has 0 saturated carbocycles. The maximum absolute atomic E-state index is 12.0. The Hall–Kier alpha value is -0.710. The van der Waals surface area contributed by atoms with E-state index in [1.54, 1.807) is 0 Å². The lowest BCUT2D eigenvalue weighted by molar-refractivity contribution is -0.126. The lowest BCUT2D eigenvalue weighted by Gasteiger charge is -2.28. The molecule has 116 valence electrons. The van der Waals surface area contributed by atoms with Crippen molar-refractivity contribution < 1.29 is 4.79 Å². The van der Waals surface area contributed by atoms with Crippen molar-refractivity contribution in [3.63, 3.8) is 0 Å². The molecule has 2 rings (SSSR count). The Balaban J connectivity index is 1.57. The molecule has 1 aromatic rings. The van der Waals surface area contributed by atoms with E-state index in [1.165, 1.54) is 5.56 Å². The van der Waals surface area contributed by atoms with Gasteiger partial charge in [-0.1, -0.05) is 23.7 Å². The van der Waals surface area contributed by atoms with Crippen LogP contribution in [-0.4, -0.2) is 43.2 Å². The van der Waals surface area contributed by atoms with Crippen molar-refractivity contribution in [2.24, 2.45) is 5.92 Å². The number of nitrogens with zero attached hydrogens (tertiary/aromatic N) is 1. The number of hydrogen-bond acceptors (Lipinski definition) is 3. The lowest BCUT2D eigenvalue weighted by Crippen LogP contribution is -2.39. The molecule has 0 spiro atoms. The minimum absolute atomic E-state index is 0.211. The number of halogens is 1. The normalized spacial score (nSPS) is 16.9. The van der Waals surface area contributed by atoms with Gasteiger partial charge in [0.05, 0.1) is 0 Å². The van der Waals surface area contributed by atoms with Gasteiger partial charge in [-0.05, 0) is 50.7 Å². The fraction of sp³-hybridized carbons (Fsp3) is 0.562. The Kier molecular flexibility index (Phi) is 6.87. The molecule has 1 aliphatic heterocycles. The summed E-state index contributed by atoms with van der Waals surface area (Å²) in [4.78, 5) is 14.3. The number of carbonyl (C=O) groups excluding carboxylic acids is 1. The van der Waals surface area contributed by atoms with E-state index in [9.17, 15) is 4.79 Å². The lowest BCUT2D eigenvalue weighted by atomic mass is 9.96. The third kappa shape index (κ3) is 5.89. The van der Waals surface area contributed by atoms with Crippen LogP contribution in [0.2, 0.25) is 5.02 Å². The van der Waals surface area contributed by atoms with Crippen LogP contribution in [0.25, 0.3) is 0 Å². The Morgan fingerprint density at radius 2 is 2.00 bits per heavy atom. The number of nitrogens with one attached hydrogen (secondary N) is 1. The summed E-state index contributed by atoms with van der Waals surface area (Å²) < 4.78 is 0. The summed E-state index contributed by atoms with van der Waals surface area (Å²) in [6, 6.07) is 7.93. The van der Waals surface area contributed by atoms with Gasteiger partial charge in [-0.2, -0.15) is 11.8 Å². The zero-order chi connectivity index (χ0) is 15.1. The second-order valence-corrected chi connectivity index (χ2v) is 7.09. The van der Waals surface area contributed by atoms with E-state index in [0.717, 1.165) is 49.0 Å². The van der Waals surface area contributed by atoms with E-state index in [-0.39, 0.29) is 11.8 Å². The van der Waals surface area contributed by atoms with Crippen LogP contribution in [-0.2, 0) is 10.5 Å². The summed E-state index contributed by atoms with van der Waals surface area (Å²) in [5.41, 5.74) is 1.27. The van der Waals surface area contributed by atoms with Crippen molar-refractivity contribution >= 4 is 29.3 Å². The highest BCUT2D eigenvalue weighted by molar-refractivity contribution is 7.98. The van der Waals surface area contributed by atoms with Gasteiger partial charge < -0.3 is 10.2 Å². The molecule has 21 heavy (non-hydrogen) atoms. The van der Waals surface area contributed by atoms with Gasteiger partial charge >= 0.3 is 0 Å². The highest BCUT2D eigenvalue weighted by Crippen LogP contribution is 2.17. The molecular formula is C16H23ClN2OS. The predicted octanol–water partition coefficient (Wildman–Crippen LogP) is 3.03. The number of carbonyl (C=O) groups is 1. The molecule has 0 bridgehead atoms. The summed E-state index contributed by atoms with van der Waals surface area (Å²) in [6.07, 6.45) is 1.97. The topological polar surface area (TPSA) is 32.3 Å². The third-order valence-corrected chi connectivity index (χ3v) is 5.10. The Bertz CT molecular complexity index is 444. The van der Waals surface area contributed by atoms with E-state index in [0.29, 0.717) is 0 Å². The van der Waals surface area contributed by atoms with Crippen molar-refractivity contribution in [1.29, 1.82) is 0 Å². The smallest absolute Gasteiger partial charge is 0.223 e. The van der Waals surface area contributed by atoms with E-state index in [4.69, 9.17) is 11.6 Å². The fourth-order valence-corrected chi connectivity index (χ4v) is 3.38. The second-order valence-electron chi connectivity index (χ2n) is 5.55. The fourth-order valence-electron chi connectivity index (χ4n) is 2.43. The summed E-state index contributed by atoms with van der Waals surface area (Å²) >= 11 is 7.69. The number of piperidine rings is 1. The third-order valence-electron chi connectivity index (χ3n) is 3.82. The van der Waals surface area contributed by atoms with Crippen LogP contribution in [0.4, 0.5) is 0 Å². The maximum Gasteiger partial charge on any atom is 0.223 e. The van der Waals surface area contributed by atoms with Gasteiger partial charge in [0, 0.05) is 29.0 Å². The number of hydrogen-bond donors (Lipinski definition) is 1. The molecule has 3 nitrogen and oxygen atoms in total. The molecule has 5 heteroatoms. The van der Waals surface area contributed by atoms with Gasteiger partial charge in [0.2, 0.25) is 5.91 Å². The maximum atomic E-state index is 12.0. The number of thioether (sulfide) groups is 1. The van der Waals surface area contributed by atoms with Crippen LogP contribution < -0.4 is 5.32 Å². The van der Waals surface area contributed by atoms with Gasteiger partial charge in [0.1, 0.15) is 0 Å². The molecule has 1 aromatic carbocycles. The number of rotatable bonds is 6. The first-order valence-corrected chi connectivity index (χ1v) is 8.97. The van der Waals surface area contributed by atoms with E-state index in [2.05, 4.69) is 17.3 Å². The molecule has 1 saturated heterocycles. The van der Waals surface area contributed by atoms with Crippen LogP contribution in [0.1, 0.15) is 18.4 Å². The van der Waals surface area contributed by atoms with Crippen molar-refractivity contribution in [3.8, 4) is 0 Å². The molecule has 1 heterocycles. The molecule has 1 N–H and O–H groups in total. The highest BCUT2D eigenvalue weighted by Gasteiger charge is 2.22.